The molecule has 0 spiro atoms. The lowest BCUT2D eigenvalue weighted by molar-refractivity contribution is -0.146. The number of aliphatic carboxylic acids is 1. The Hall–Kier alpha value is -0.750. The second kappa shape index (κ2) is 7.14. The zero-order valence-corrected chi connectivity index (χ0v) is 12.7. The van der Waals surface area contributed by atoms with Gasteiger partial charge in [0.25, 0.3) is 0 Å². The number of rotatable bonds is 6. The maximum Gasteiger partial charge on any atom is 0.323 e. The molecule has 1 aliphatic carbocycles. The second-order valence-electron chi connectivity index (χ2n) is 5.39. The minimum Gasteiger partial charge on any atom is -0.480 e. The molecule has 5 nitrogen and oxygen atoms in total. The molecular weight excluding hydrogens is 264 g/mol. The average Bonchev–Trinajstić information content (AvgIpc) is 2.35. The van der Waals surface area contributed by atoms with Crippen molar-refractivity contribution in [2.45, 2.75) is 56.4 Å². The van der Waals surface area contributed by atoms with Crippen LogP contribution in [0.15, 0.2) is 0 Å². The standard InChI is InChI=1S/C13H24N2O3S/c1-9(2)15-11(16)8-19-10-5-4-6-13(7-10,14-3)12(17)18/h9-10,14H,4-8H2,1-3H3,(H,15,16)(H,17,18). The fourth-order valence-electron chi connectivity index (χ4n) is 2.45. The van der Waals surface area contributed by atoms with Gasteiger partial charge in [0.2, 0.25) is 5.91 Å². The number of carboxylic acids is 1. The van der Waals surface area contributed by atoms with Crippen LogP contribution in [0.2, 0.25) is 0 Å². The first-order chi connectivity index (χ1) is 8.89. The number of carbonyl (C=O) groups excluding carboxylic acids is 1. The minimum absolute atomic E-state index is 0.0240. The van der Waals surface area contributed by atoms with Crippen molar-refractivity contribution in [1.82, 2.24) is 10.6 Å². The van der Waals surface area contributed by atoms with Crippen LogP contribution in [0.5, 0.6) is 0 Å². The smallest absolute Gasteiger partial charge is 0.323 e. The van der Waals surface area contributed by atoms with E-state index in [0.29, 0.717) is 18.6 Å². The molecule has 0 aliphatic heterocycles. The van der Waals surface area contributed by atoms with Gasteiger partial charge in [-0.3, -0.25) is 9.59 Å². The lowest BCUT2D eigenvalue weighted by Crippen LogP contribution is -2.54. The Morgan fingerprint density at radius 2 is 2.16 bits per heavy atom. The molecule has 0 saturated heterocycles. The molecule has 6 heteroatoms. The summed E-state index contributed by atoms with van der Waals surface area (Å²) < 4.78 is 0. The van der Waals surface area contributed by atoms with E-state index in [1.54, 1.807) is 18.8 Å². The van der Waals surface area contributed by atoms with Gasteiger partial charge in [-0.1, -0.05) is 0 Å². The van der Waals surface area contributed by atoms with Crippen LogP contribution < -0.4 is 10.6 Å². The van der Waals surface area contributed by atoms with Crippen molar-refractivity contribution in [2.24, 2.45) is 0 Å². The Balaban J connectivity index is 2.47. The van der Waals surface area contributed by atoms with E-state index in [1.807, 2.05) is 13.8 Å². The van der Waals surface area contributed by atoms with E-state index < -0.39 is 11.5 Å². The molecule has 1 fully saturated rings. The highest BCUT2D eigenvalue weighted by atomic mass is 32.2. The minimum atomic E-state index is -0.815. The van der Waals surface area contributed by atoms with Crippen molar-refractivity contribution in [1.29, 1.82) is 0 Å². The molecule has 0 bridgehead atoms. The number of hydrogen-bond donors (Lipinski definition) is 3. The Morgan fingerprint density at radius 1 is 1.47 bits per heavy atom. The van der Waals surface area contributed by atoms with Crippen LogP contribution in [-0.4, -0.2) is 46.6 Å². The lowest BCUT2D eigenvalue weighted by Gasteiger charge is -2.37. The van der Waals surface area contributed by atoms with Gasteiger partial charge < -0.3 is 15.7 Å². The van der Waals surface area contributed by atoms with Crippen LogP contribution >= 0.6 is 11.8 Å². The van der Waals surface area contributed by atoms with E-state index in [9.17, 15) is 14.7 Å². The molecule has 1 aliphatic rings. The first-order valence-corrected chi connectivity index (χ1v) is 7.78. The number of thioether (sulfide) groups is 1. The molecule has 0 aromatic rings. The molecule has 1 amide bonds. The molecular formula is C13H24N2O3S. The van der Waals surface area contributed by atoms with Gasteiger partial charge in [-0.2, -0.15) is 0 Å². The number of carbonyl (C=O) groups is 2. The van der Waals surface area contributed by atoms with Gasteiger partial charge in [-0.05, 0) is 46.6 Å². The van der Waals surface area contributed by atoms with Gasteiger partial charge in [0, 0.05) is 11.3 Å². The third-order valence-corrected chi connectivity index (χ3v) is 4.80. The predicted molar refractivity (Wildman–Crippen MR) is 77.4 cm³/mol. The summed E-state index contributed by atoms with van der Waals surface area (Å²) in [6, 6.07) is 0.148. The van der Waals surface area contributed by atoms with Crippen molar-refractivity contribution in [3.63, 3.8) is 0 Å². The molecule has 1 rings (SSSR count). The summed E-state index contributed by atoms with van der Waals surface area (Å²) in [5, 5.41) is 15.4. The van der Waals surface area contributed by atoms with Crippen molar-refractivity contribution in [3.05, 3.63) is 0 Å². The number of likely N-dealkylation sites (N-methyl/N-ethyl adjacent to an activating group) is 1. The number of nitrogens with one attached hydrogen (secondary N) is 2. The summed E-state index contributed by atoms with van der Waals surface area (Å²) in [5.41, 5.74) is -0.815. The third kappa shape index (κ3) is 4.69. The summed E-state index contributed by atoms with van der Waals surface area (Å²) >= 11 is 1.57. The zero-order valence-electron chi connectivity index (χ0n) is 11.9. The monoisotopic (exact) mass is 288 g/mol. The Bertz CT molecular complexity index is 336. The average molecular weight is 288 g/mol. The second-order valence-corrected chi connectivity index (χ2v) is 6.68. The van der Waals surface area contributed by atoms with Crippen LogP contribution in [0, 0.1) is 0 Å². The van der Waals surface area contributed by atoms with Gasteiger partial charge in [-0.15, -0.1) is 11.8 Å². The summed E-state index contributed by atoms with van der Waals surface area (Å²) in [6.45, 7) is 3.86. The summed E-state index contributed by atoms with van der Waals surface area (Å²) in [6.07, 6.45) is 3.11. The SMILES string of the molecule is CNC1(C(=O)O)CCCC(SCC(=O)NC(C)C)C1. The third-order valence-electron chi connectivity index (χ3n) is 3.49. The molecule has 110 valence electrons. The molecule has 1 saturated carbocycles. The molecule has 2 unspecified atom stereocenters. The van der Waals surface area contributed by atoms with Crippen LogP contribution in [0.4, 0.5) is 0 Å². The van der Waals surface area contributed by atoms with Crippen LogP contribution in [0.3, 0.4) is 0 Å². The number of hydrogen-bond acceptors (Lipinski definition) is 4. The molecule has 0 radical (unpaired) electrons. The summed E-state index contributed by atoms with van der Waals surface area (Å²) in [7, 11) is 1.70. The molecule has 0 heterocycles. The molecule has 3 N–H and O–H groups in total. The van der Waals surface area contributed by atoms with Gasteiger partial charge in [0.15, 0.2) is 0 Å². The van der Waals surface area contributed by atoms with E-state index >= 15 is 0 Å². The molecule has 2 atom stereocenters. The van der Waals surface area contributed by atoms with E-state index in [2.05, 4.69) is 10.6 Å². The van der Waals surface area contributed by atoms with Crippen LogP contribution in [0.25, 0.3) is 0 Å². The van der Waals surface area contributed by atoms with Gasteiger partial charge in [-0.25, -0.2) is 0 Å². The first-order valence-electron chi connectivity index (χ1n) is 6.73. The van der Waals surface area contributed by atoms with E-state index in [0.717, 1.165) is 12.8 Å². The van der Waals surface area contributed by atoms with Gasteiger partial charge >= 0.3 is 5.97 Å². The van der Waals surface area contributed by atoms with Crippen molar-refractivity contribution in [2.75, 3.05) is 12.8 Å². The van der Waals surface area contributed by atoms with Gasteiger partial charge in [0.1, 0.15) is 5.54 Å². The number of carboxylic acid groups (broad SMARTS) is 1. The van der Waals surface area contributed by atoms with E-state index in [1.165, 1.54) is 0 Å². The highest BCUT2D eigenvalue weighted by molar-refractivity contribution is 8.00. The number of amides is 1. The van der Waals surface area contributed by atoms with Crippen molar-refractivity contribution < 1.29 is 14.7 Å². The highest BCUT2D eigenvalue weighted by Gasteiger charge is 2.41. The fraction of sp³-hybridized carbons (Fsp3) is 0.846. The lowest BCUT2D eigenvalue weighted by atomic mass is 9.81. The van der Waals surface area contributed by atoms with Crippen LogP contribution in [0.1, 0.15) is 39.5 Å². The normalized spacial score (nSPS) is 27.3. The summed E-state index contributed by atoms with van der Waals surface area (Å²) in [4.78, 5) is 23.0. The molecule has 0 aromatic heterocycles. The fourth-order valence-corrected chi connectivity index (χ4v) is 3.66. The van der Waals surface area contributed by atoms with E-state index in [-0.39, 0.29) is 17.2 Å². The highest BCUT2D eigenvalue weighted by Crippen LogP contribution is 2.35. The maximum absolute atomic E-state index is 11.6. The quantitative estimate of drug-likeness (QED) is 0.685. The zero-order chi connectivity index (χ0) is 14.5. The van der Waals surface area contributed by atoms with Crippen molar-refractivity contribution >= 4 is 23.6 Å². The Labute approximate surface area is 118 Å². The molecule has 0 aromatic carbocycles. The van der Waals surface area contributed by atoms with Crippen LogP contribution in [-0.2, 0) is 9.59 Å². The first kappa shape index (κ1) is 16.3. The van der Waals surface area contributed by atoms with Gasteiger partial charge in [0.05, 0.1) is 5.75 Å². The van der Waals surface area contributed by atoms with Crippen molar-refractivity contribution in [3.8, 4) is 0 Å². The Morgan fingerprint density at radius 3 is 2.68 bits per heavy atom. The predicted octanol–water partition coefficient (Wildman–Crippen LogP) is 1.23. The Kier molecular flexibility index (Phi) is 6.13. The summed E-state index contributed by atoms with van der Waals surface area (Å²) in [5.74, 6) is -0.356. The van der Waals surface area contributed by atoms with E-state index in [4.69, 9.17) is 0 Å². The topological polar surface area (TPSA) is 78.4 Å². The maximum atomic E-state index is 11.6. The molecule has 19 heavy (non-hydrogen) atoms. The largest absolute Gasteiger partial charge is 0.480 e.